The molecule has 26 heavy (non-hydrogen) atoms. The Bertz CT molecular complexity index is 944. The average Bonchev–Trinajstić information content (AvgIpc) is 2.89. The number of ketones is 1. The minimum Gasteiger partial charge on any atom is -0.457 e. The Labute approximate surface area is 151 Å². The van der Waals surface area contributed by atoms with Gasteiger partial charge in [-0.2, -0.15) is 5.10 Å². The van der Waals surface area contributed by atoms with Crippen LogP contribution >= 0.6 is 0 Å². The van der Waals surface area contributed by atoms with Gasteiger partial charge in [0.15, 0.2) is 0 Å². The summed E-state index contributed by atoms with van der Waals surface area (Å²) in [5, 5.41) is 6.79. The van der Waals surface area contributed by atoms with Crippen molar-refractivity contribution < 1.29 is 14.3 Å². The first kappa shape index (κ1) is 17.4. The van der Waals surface area contributed by atoms with Crippen molar-refractivity contribution in [1.29, 1.82) is 0 Å². The predicted octanol–water partition coefficient (Wildman–Crippen LogP) is 3.65. The van der Waals surface area contributed by atoms with Crippen LogP contribution in [0.2, 0.25) is 0 Å². The summed E-state index contributed by atoms with van der Waals surface area (Å²) >= 11 is 0. The van der Waals surface area contributed by atoms with E-state index < -0.39 is 11.7 Å². The van der Waals surface area contributed by atoms with Crippen LogP contribution in [0.1, 0.15) is 21.7 Å². The number of amides is 1. The largest absolute Gasteiger partial charge is 0.457 e. The standard InChI is InChI=1S/C20H19N3O3/c1-13-18(14(2)23(3)22-13)19(24)20(25)21-15-9-11-17(12-10-15)26-16-7-5-4-6-8-16/h4-12H,1-3H3,(H,21,25). The smallest absolute Gasteiger partial charge is 0.296 e. The van der Waals surface area contributed by atoms with Gasteiger partial charge in [-0.25, -0.2) is 0 Å². The molecule has 0 aliphatic heterocycles. The molecule has 0 aliphatic carbocycles. The first-order chi connectivity index (χ1) is 12.5. The number of rotatable bonds is 5. The van der Waals surface area contributed by atoms with Crippen molar-refractivity contribution in [2.24, 2.45) is 7.05 Å². The highest BCUT2D eigenvalue weighted by atomic mass is 16.5. The fourth-order valence-corrected chi connectivity index (χ4v) is 2.63. The number of hydrogen-bond acceptors (Lipinski definition) is 4. The van der Waals surface area contributed by atoms with Crippen LogP contribution in [0.4, 0.5) is 5.69 Å². The molecule has 0 fully saturated rings. The zero-order valence-electron chi connectivity index (χ0n) is 14.8. The van der Waals surface area contributed by atoms with Gasteiger partial charge in [-0.05, 0) is 50.2 Å². The molecule has 2 aromatic carbocycles. The van der Waals surface area contributed by atoms with Gasteiger partial charge < -0.3 is 10.1 Å². The highest BCUT2D eigenvalue weighted by Gasteiger charge is 2.23. The minimum atomic E-state index is -0.694. The van der Waals surface area contributed by atoms with Crippen molar-refractivity contribution in [3.63, 3.8) is 0 Å². The van der Waals surface area contributed by atoms with Crippen LogP contribution in [0.5, 0.6) is 11.5 Å². The fourth-order valence-electron chi connectivity index (χ4n) is 2.63. The molecule has 0 unspecified atom stereocenters. The monoisotopic (exact) mass is 349 g/mol. The van der Waals surface area contributed by atoms with Crippen LogP contribution in [0.3, 0.4) is 0 Å². The molecule has 132 valence electrons. The lowest BCUT2D eigenvalue weighted by molar-refractivity contribution is -0.112. The molecule has 1 amide bonds. The summed E-state index contributed by atoms with van der Waals surface area (Å²) in [6.45, 7) is 3.47. The summed E-state index contributed by atoms with van der Waals surface area (Å²) in [6, 6.07) is 16.2. The Morgan fingerprint density at radius 1 is 0.962 bits per heavy atom. The van der Waals surface area contributed by atoms with E-state index in [4.69, 9.17) is 4.74 Å². The molecule has 0 bridgehead atoms. The minimum absolute atomic E-state index is 0.342. The highest BCUT2D eigenvalue weighted by molar-refractivity contribution is 6.47. The quantitative estimate of drug-likeness (QED) is 0.564. The van der Waals surface area contributed by atoms with Gasteiger partial charge in [0.25, 0.3) is 11.7 Å². The molecule has 0 radical (unpaired) electrons. The van der Waals surface area contributed by atoms with Gasteiger partial charge in [-0.3, -0.25) is 14.3 Å². The molecular weight excluding hydrogens is 330 g/mol. The van der Waals surface area contributed by atoms with Crippen molar-refractivity contribution in [1.82, 2.24) is 9.78 Å². The number of carbonyl (C=O) groups excluding carboxylic acids is 2. The number of hydrogen-bond donors (Lipinski definition) is 1. The highest BCUT2D eigenvalue weighted by Crippen LogP contribution is 2.23. The summed E-state index contributed by atoms with van der Waals surface area (Å²) in [5.74, 6) is 0.0695. The number of nitrogens with one attached hydrogen (secondary N) is 1. The van der Waals surface area contributed by atoms with E-state index >= 15 is 0 Å². The lowest BCUT2D eigenvalue weighted by Crippen LogP contribution is -2.24. The van der Waals surface area contributed by atoms with Crippen molar-refractivity contribution >= 4 is 17.4 Å². The average molecular weight is 349 g/mol. The third-order valence-corrected chi connectivity index (χ3v) is 4.03. The van der Waals surface area contributed by atoms with E-state index in [-0.39, 0.29) is 0 Å². The number of aromatic nitrogens is 2. The summed E-state index contributed by atoms with van der Waals surface area (Å²) in [5.41, 5.74) is 2.06. The second-order valence-electron chi connectivity index (χ2n) is 5.89. The van der Waals surface area contributed by atoms with E-state index in [1.807, 2.05) is 30.3 Å². The number of para-hydroxylation sites is 1. The van der Waals surface area contributed by atoms with Crippen molar-refractivity contribution in [3.05, 3.63) is 71.5 Å². The van der Waals surface area contributed by atoms with Crippen LogP contribution in [-0.4, -0.2) is 21.5 Å². The summed E-state index contributed by atoms with van der Waals surface area (Å²) in [4.78, 5) is 24.7. The number of ether oxygens (including phenoxy) is 1. The zero-order valence-corrected chi connectivity index (χ0v) is 14.8. The van der Waals surface area contributed by atoms with Crippen LogP contribution in [0.15, 0.2) is 54.6 Å². The Morgan fingerprint density at radius 2 is 1.58 bits per heavy atom. The first-order valence-electron chi connectivity index (χ1n) is 8.14. The van der Waals surface area contributed by atoms with E-state index in [0.29, 0.717) is 28.4 Å². The Morgan fingerprint density at radius 3 is 2.15 bits per heavy atom. The normalized spacial score (nSPS) is 10.4. The zero-order chi connectivity index (χ0) is 18.7. The summed E-state index contributed by atoms with van der Waals surface area (Å²) < 4.78 is 7.29. The van der Waals surface area contributed by atoms with Gasteiger partial charge in [0, 0.05) is 18.4 Å². The first-order valence-corrected chi connectivity index (χ1v) is 8.14. The van der Waals surface area contributed by atoms with Gasteiger partial charge in [0.05, 0.1) is 11.3 Å². The van der Waals surface area contributed by atoms with Crippen LogP contribution in [0.25, 0.3) is 0 Å². The van der Waals surface area contributed by atoms with Crippen molar-refractivity contribution in [3.8, 4) is 11.5 Å². The molecule has 0 aliphatic rings. The summed E-state index contributed by atoms with van der Waals surface area (Å²) in [6.07, 6.45) is 0. The van der Waals surface area contributed by atoms with E-state index in [0.717, 1.165) is 5.75 Å². The number of carbonyl (C=O) groups is 2. The maximum Gasteiger partial charge on any atom is 0.296 e. The fraction of sp³-hybridized carbons (Fsp3) is 0.150. The Balaban J connectivity index is 1.68. The SMILES string of the molecule is Cc1nn(C)c(C)c1C(=O)C(=O)Nc1ccc(Oc2ccccc2)cc1. The molecule has 0 saturated carbocycles. The maximum absolute atomic E-state index is 12.4. The topological polar surface area (TPSA) is 73.2 Å². The number of aryl methyl sites for hydroxylation is 2. The summed E-state index contributed by atoms with van der Waals surface area (Å²) in [7, 11) is 1.74. The predicted molar refractivity (Wildman–Crippen MR) is 98.6 cm³/mol. The van der Waals surface area contributed by atoms with E-state index in [1.54, 1.807) is 49.8 Å². The maximum atomic E-state index is 12.4. The third-order valence-electron chi connectivity index (χ3n) is 4.03. The van der Waals surface area contributed by atoms with Gasteiger partial charge in [0.1, 0.15) is 11.5 Å². The number of Topliss-reactive ketones (excluding diaryl/α,β-unsaturated/α-hetero) is 1. The third kappa shape index (κ3) is 3.64. The van der Waals surface area contributed by atoms with E-state index in [1.165, 1.54) is 0 Å². The molecule has 6 heteroatoms. The van der Waals surface area contributed by atoms with Crippen molar-refractivity contribution in [2.75, 3.05) is 5.32 Å². The van der Waals surface area contributed by atoms with Gasteiger partial charge in [-0.15, -0.1) is 0 Å². The molecular formula is C20H19N3O3. The number of anilines is 1. The number of nitrogens with zero attached hydrogens (tertiary/aromatic N) is 2. The Kier molecular flexibility index (Phi) is 4.84. The molecule has 6 nitrogen and oxygen atoms in total. The number of benzene rings is 2. The van der Waals surface area contributed by atoms with Gasteiger partial charge >= 0.3 is 0 Å². The van der Waals surface area contributed by atoms with E-state index in [2.05, 4.69) is 10.4 Å². The van der Waals surface area contributed by atoms with E-state index in [9.17, 15) is 9.59 Å². The molecule has 0 spiro atoms. The lowest BCUT2D eigenvalue weighted by atomic mass is 10.1. The molecule has 1 aromatic heterocycles. The van der Waals surface area contributed by atoms with Gasteiger partial charge in [0.2, 0.25) is 0 Å². The second kappa shape index (κ2) is 7.23. The van der Waals surface area contributed by atoms with Crippen LogP contribution in [-0.2, 0) is 11.8 Å². The molecule has 3 rings (SSSR count). The molecule has 0 atom stereocenters. The second-order valence-corrected chi connectivity index (χ2v) is 5.89. The molecule has 1 N–H and O–H groups in total. The lowest BCUT2D eigenvalue weighted by Gasteiger charge is -2.08. The molecule has 1 heterocycles. The van der Waals surface area contributed by atoms with Crippen LogP contribution in [0, 0.1) is 13.8 Å². The molecule has 0 saturated heterocycles. The van der Waals surface area contributed by atoms with Crippen molar-refractivity contribution in [2.45, 2.75) is 13.8 Å². The van der Waals surface area contributed by atoms with Gasteiger partial charge in [-0.1, -0.05) is 18.2 Å². The Hall–Kier alpha value is -3.41. The van der Waals surface area contributed by atoms with Crippen LogP contribution < -0.4 is 10.1 Å². The molecule has 3 aromatic rings.